The highest BCUT2D eigenvalue weighted by atomic mass is 35.5. The quantitative estimate of drug-likeness (QED) is 0.498. The molecule has 1 N–H and O–H groups in total. The molecule has 2 bridgehead atoms. The number of ether oxygens (including phenoxy) is 1. The van der Waals surface area contributed by atoms with Gasteiger partial charge in [0.1, 0.15) is 11.9 Å². The molecule has 2 unspecified atom stereocenters. The standard InChI is InChI=1S/C32H38ClN5O3/c1-34-30-9-8-27(20-29(30)33)41-28-18-25-6-7-26(19-28)38(25)32(40)24-4-2-23(3-5-24)31(39)37-16-14-36(15-17-37)21-22-10-12-35-13-11-22/h2-5,8-9,20,22,25-26,28,35H,6-7,10-19,21H2. The molecule has 41 heavy (non-hydrogen) atoms. The van der Waals surface area contributed by atoms with Crippen LogP contribution in [0.2, 0.25) is 5.02 Å². The molecule has 4 aliphatic heterocycles. The van der Waals surface area contributed by atoms with Crippen LogP contribution in [0.15, 0.2) is 42.5 Å². The molecule has 0 spiro atoms. The van der Waals surface area contributed by atoms with Gasteiger partial charge in [-0.05, 0) is 81.1 Å². The second-order valence-corrected chi connectivity index (χ2v) is 12.3. The molecular weight excluding hydrogens is 538 g/mol. The zero-order valence-electron chi connectivity index (χ0n) is 23.4. The van der Waals surface area contributed by atoms with Crippen molar-refractivity contribution in [3.8, 4) is 5.75 Å². The van der Waals surface area contributed by atoms with Crippen LogP contribution in [0.5, 0.6) is 5.75 Å². The number of amides is 2. The van der Waals surface area contributed by atoms with Gasteiger partial charge in [0, 0.05) is 68.8 Å². The van der Waals surface area contributed by atoms with Gasteiger partial charge in [0.15, 0.2) is 0 Å². The minimum absolute atomic E-state index is 0.00606. The Morgan fingerprint density at radius 1 is 0.902 bits per heavy atom. The molecule has 4 aliphatic rings. The fourth-order valence-corrected chi connectivity index (χ4v) is 7.26. The van der Waals surface area contributed by atoms with Crippen molar-refractivity contribution in [1.82, 2.24) is 20.0 Å². The van der Waals surface area contributed by atoms with Crippen LogP contribution >= 0.6 is 11.6 Å². The first-order chi connectivity index (χ1) is 20.0. The van der Waals surface area contributed by atoms with E-state index < -0.39 is 0 Å². The lowest BCUT2D eigenvalue weighted by Gasteiger charge is -2.39. The SMILES string of the molecule is [C-]#[N+]c1ccc(OC2CC3CCC(C2)N3C(=O)c2ccc(C(=O)N3CCN(CC4CCNCC4)CC3)cc2)cc1Cl. The van der Waals surface area contributed by atoms with Crippen LogP contribution in [-0.4, -0.2) is 90.5 Å². The number of hydrogen-bond donors (Lipinski definition) is 1. The molecule has 2 aromatic rings. The van der Waals surface area contributed by atoms with Gasteiger partial charge >= 0.3 is 0 Å². The molecule has 2 atom stereocenters. The zero-order valence-corrected chi connectivity index (χ0v) is 24.2. The summed E-state index contributed by atoms with van der Waals surface area (Å²) in [6, 6.07) is 12.7. The van der Waals surface area contributed by atoms with Crippen molar-refractivity contribution in [3.05, 3.63) is 70.0 Å². The monoisotopic (exact) mass is 575 g/mol. The summed E-state index contributed by atoms with van der Waals surface area (Å²) in [7, 11) is 0. The summed E-state index contributed by atoms with van der Waals surface area (Å²) in [5.41, 5.74) is 1.69. The van der Waals surface area contributed by atoms with Crippen LogP contribution in [0.25, 0.3) is 4.85 Å². The first-order valence-corrected chi connectivity index (χ1v) is 15.3. The summed E-state index contributed by atoms with van der Waals surface area (Å²) in [6.07, 6.45) is 5.96. The first-order valence-electron chi connectivity index (χ1n) is 15.0. The van der Waals surface area contributed by atoms with E-state index in [1.54, 1.807) is 18.2 Å². The highest BCUT2D eigenvalue weighted by molar-refractivity contribution is 6.33. The van der Waals surface area contributed by atoms with Crippen molar-refractivity contribution in [3.63, 3.8) is 0 Å². The lowest BCUT2D eigenvalue weighted by atomic mass is 9.97. The van der Waals surface area contributed by atoms with Gasteiger partial charge in [0.05, 0.1) is 11.6 Å². The van der Waals surface area contributed by atoms with E-state index in [0.717, 1.165) is 77.4 Å². The molecule has 0 saturated carbocycles. The molecule has 8 nitrogen and oxygen atoms in total. The van der Waals surface area contributed by atoms with Crippen LogP contribution < -0.4 is 10.1 Å². The van der Waals surface area contributed by atoms with Gasteiger partial charge in [0.25, 0.3) is 11.8 Å². The minimum atomic E-state index is 0.00606. The third kappa shape index (κ3) is 6.23. The number of fused-ring (bicyclic) bond motifs is 2. The third-order valence-corrected chi connectivity index (χ3v) is 9.58. The Hall–Kier alpha value is -3.12. The number of nitrogens with one attached hydrogen (secondary N) is 1. The number of benzene rings is 2. The van der Waals surface area contributed by atoms with E-state index in [-0.39, 0.29) is 30.0 Å². The summed E-state index contributed by atoms with van der Waals surface area (Å²) >= 11 is 6.19. The van der Waals surface area contributed by atoms with E-state index in [4.69, 9.17) is 22.9 Å². The summed E-state index contributed by atoms with van der Waals surface area (Å²) < 4.78 is 6.22. The van der Waals surface area contributed by atoms with E-state index in [0.29, 0.717) is 27.6 Å². The second-order valence-electron chi connectivity index (χ2n) is 11.9. The molecule has 2 aromatic carbocycles. The summed E-state index contributed by atoms with van der Waals surface area (Å²) in [5, 5.41) is 3.83. The molecule has 216 valence electrons. The van der Waals surface area contributed by atoms with Gasteiger partial charge in [0.2, 0.25) is 5.69 Å². The highest BCUT2D eigenvalue weighted by Gasteiger charge is 2.44. The lowest BCUT2D eigenvalue weighted by Crippen LogP contribution is -2.50. The highest BCUT2D eigenvalue weighted by Crippen LogP contribution is 2.39. The number of piperazine rings is 1. The van der Waals surface area contributed by atoms with Crippen molar-refractivity contribution in [2.45, 2.75) is 56.7 Å². The van der Waals surface area contributed by atoms with Gasteiger partial charge in [-0.2, -0.15) is 0 Å². The molecule has 0 aliphatic carbocycles. The predicted octanol–water partition coefficient (Wildman–Crippen LogP) is 4.86. The van der Waals surface area contributed by atoms with E-state index >= 15 is 0 Å². The van der Waals surface area contributed by atoms with Crippen molar-refractivity contribution in [1.29, 1.82) is 0 Å². The summed E-state index contributed by atoms with van der Waals surface area (Å²) in [4.78, 5) is 36.7. The van der Waals surface area contributed by atoms with Gasteiger partial charge in [-0.25, -0.2) is 4.85 Å². The summed E-state index contributed by atoms with van der Waals surface area (Å²) in [5.74, 6) is 1.51. The Labute approximate surface area is 247 Å². The predicted molar refractivity (Wildman–Crippen MR) is 159 cm³/mol. The Bertz CT molecular complexity index is 1280. The number of nitrogens with zero attached hydrogens (tertiary/aromatic N) is 4. The second kappa shape index (κ2) is 12.4. The maximum absolute atomic E-state index is 13.6. The molecule has 2 amide bonds. The van der Waals surface area contributed by atoms with Crippen molar-refractivity contribution in [2.24, 2.45) is 5.92 Å². The number of rotatable bonds is 6. The fraction of sp³-hybridized carbons (Fsp3) is 0.531. The number of carbonyl (C=O) groups excluding carboxylic acids is 2. The van der Waals surface area contributed by atoms with Crippen LogP contribution in [0, 0.1) is 12.5 Å². The largest absolute Gasteiger partial charge is 0.490 e. The smallest absolute Gasteiger partial charge is 0.254 e. The number of halogens is 1. The fourth-order valence-electron chi connectivity index (χ4n) is 7.05. The van der Waals surface area contributed by atoms with Gasteiger partial charge in [-0.15, -0.1) is 0 Å². The molecular formula is C32H38ClN5O3. The van der Waals surface area contributed by atoms with Gasteiger partial charge in [-0.3, -0.25) is 14.5 Å². The first kappa shape index (κ1) is 28.0. The van der Waals surface area contributed by atoms with Gasteiger partial charge < -0.3 is 19.9 Å². The molecule has 4 fully saturated rings. The van der Waals surface area contributed by atoms with E-state index in [1.165, 1.54) is 12.8 Å². The average Bonchev–Trinajstić information content (AvgIpc) is 3.27. The van der Waals surface area contributed by atoms with E-state index in [1.807, 2.05) is 34.1 Å². The van der Waals surface area contributed by atoms with Crippen molar-refractivity contribution < 1.29 is 14.3 Å². The molecule has 4 saturated heterocycles. The van der Waals surface area contributed by atoms with Crippen molar-refractivity contribution in [2.75, 3.05) is 45.8 Å². The van der Waals surface area contributed by atoms with Gasteiger partial charge in [-0.1, -0.05) is 17.7 Å². The van der Waals surface area contributed by atoms with Crippen molar-refractivity contribution >= 4 is 29.1 Å². The molecule has 9 heteroatoms. The topological polar surface area (TPSA) is 69.5 Å². The molecule has 4 heterocycles. The van der Waals surface area contributed by atoms with E-state index in [2.05, 4.69) is 15.1 Å². The van der Waals surface area contributed by atoms with Crippen LogP contribution in [0.3, 0.4) is 0 Å². The van der Waals surface area contributed by atoms with Crippen LogP contribution in [0.4, 0.5) is 5.69 Å². The average molecular weight is 576 g/mol. The van der Waals surface area contributed by atoms with Crippen LogP contribution in [0.1, 0.15) is 59.2 Å². The number of hydrogen-bond acceptors (Lipinski definition) is 5. The Morgan fingerprint density at radius 3 is 2.15 bits per heavy atom. The molecule has 6 rings (SSSR count). The molecule has 0 aromatic heterocycles. The molecule has 0 radical (unpaired) electrons. The lowest BCUT2D eigenvalue weighted by molar-refractivity contribution is 0.0358. The number of piperidine rings is 2. The maximum Gasteiger partial charge on any atom is 0.254 e. The third-order valence-electron chi connectivity index (χ3n) is 9.28. The normalized spacial score (nSPS) is 25.1. The number of carbonyl (C=O) groups is 2. The Kier molecular flexibility index (Phi) is 8.47. The Balaban J connectivity index is 1.02. The minimum Gasteiger partial charge on any atom is -0.490 e. The van der Waals surface area contributed by atoms with E-state index in [9.17, 15) is 9.59 Å². The van der Waals surface area contributed by atoms with Crippen LogP contribution in [-0.2, 0) is 0 Å². The summed E-state index contributed by atoms with van der Waals surface area (Å²) in [6.45, 7) is 13.9. The Morgan fingerprint density at radius 2 is 1.54 bits per heavy atom. The maximum atomic E-state index is 13.6. The zero-order chi connectivity index (χ0) is 28.3.